The molecule has 0 saturated carbocycles. The number of carbonyl (C=O) groups is 1. The molecule has 0 bridgehead atoms. The zero-order chi connectivity index (χ0) is 29.0. The van der Waals surface area contributed by atoms with E-state index in [1.54, 1.807) is 17.4 Å². The second-order valence-corrected chi connectivity index (χ2v) is 11.5. The molecule has 0 aliphatic carbocycles. The van der Waals surface area contributed by atoms with Crippen molar-refractivity contribution < 1.29 is 13.9 Å². The molecule has 1 amide bonds. The number of furan rings is 1. The second-order valence-electron chi connectivity index (χ2n) is 11.1. The number of likely N-dealkylation sites (tertiary alicyclic amines) is 1. The first-order valence-electron chi connectivity index (χ1n) is 14.3. The molecule has 1 atom stereocenters. The molecular formula is C31H32ClN7O3. The Kier molecular flexibility index (Phi) is 6.74. The van der Waals surface area contributed by atoms with Gasteiger partial charge in [0.05, 0.1) is 33.9 Å². The van der Waals surface area contributed by atoms with Crippen LogP contribution in [0.4, 0.5) is 5.82 Å². The van der Waals surface area contributed by atoms with Gasteiger partial charge in [0.15, 0.2) is 0 Å². The number of likely N-dealkylation sites (N-methyl/N-ethyl adjacent to an activating group) is 1. The van der Waals surface area contributed by atoms with Gasteiger partial charge in [0, 0.05) is 48.6 Å². The molecule has 1 N–H and O–H groups in total. The van der Waals surface area contributed by atoms with Gasteiger partial charge in [0.1, 0.15) is 18.0 Å². The molecule has 42 heavy (non-hydrogen) atoms. The molecule has 5 heterocycles. The molecule has 2 fully saturated rings. The minimum atomic E-state index is -0.0643. The number of aryl methyl sites for hydroxylation is 1. The van der Waals surface area contributed by atoms with Gasteiger partial charge in [-0.2, -0.15) is 15.1 Å². The number of ether oxygens (including phenoxy) is 1. The van der Waals surface area contributed by atoms with E-state index < -0.39 is 0 Å². The van der Waals surface area contributed by atoms with Gasteiger partial charge in [0.25, 0.3) is 0 Å². The maximum Gasteiger partial charge on any atom is 0.319 e. The highest BCUT2D eigenvalue weighted by molar-refractivity contribution is 6.36. The Balaban J connectivity index is 1.40. The van der Waals surface area contributed by atoms with Crippen LogP contribution < -0.4 is 9.64 Å². The van der Waals surface area contributed by atoms with E-state index in [2.05, 4.69) is 39.7 Å². The van der Waals surface area contributed by atoms with Crippen LogP contribution in [0.25, 0.3) is 43.9 Å². The lowest BCUT2D eigenvalue weighted by Crippen LogP contribution is -2.48. The van der Waals surface area contributed by atoms with Crippen molar-refractivity contribution in [2.45, 2.75) is 25.8 Å². The van der Waals surface area contributed by atoms with Crippen molar-refractivity contribution in [1.29, 1.82) is 0 Å². The number of hydrogen-bond acceptors (Lipinski definition) is 8. The second kappa shape index (κ2) is 10.6. The SMILES string of the molecule is C=CC(=O)N1CCN(c2nc(OCC3CCCN3C)nc3cc(-c4c(Cl)c(C)cc5[nH]ncc45)c4ccoc4c23)CC1. The van der Waals surface area contributed by atoms with E-state index in [1.165, 1.54) is 6.08 Å². The topological polar surface area (TPSA) is 104 Å². The number of piperazine rings is 1. The van der Waals surface area contributed by atoms with Gasteiger partial charge >= 0.3 is 6.01 Å². The number of hydrogen-bond donors (Lipinski definition) is 1. The van der Waals surface area contributed by atoms with Crippen LogP contribution in [0.3, 0.4) is 0 Å². The van der Waals surface area contributed by atoms with Crippen LogP contribution in [0.1, 0.15) is 18.4 Å². The van der Waals surface area contributed by atoms with Crippen LogP contribution >= 0.6 is 11.6 Å². The summed E-state index contributed by atoms with van der Waals surface area (Å²) in [5, 5.41) is 10.7. The van der Waals surface area contributed by atoms with Crippen molar-refractivity contribution in [2.75, 3.05) is 51.3 Å². The van der Waals surface area contributed by atoms with Crippen LogP contribution in [0, 0.1) is 6.92 Å². The molecule has 2 aromatic carbocycles. The number of fused-ring (bicyclic) bond motifs is 4. The van der Waals surface area contributed by atoms with Gasteiger partial charge in [-0.25, -0.2) is 0 Å². The quantitative estimate of drug-likeness (QED) is 0.272. The first-order chi connectivity index (χ1) is 20.4. The Hall–Kier alpha value is -4.15. The number of aromatic amines is 1. The molecule has 2 aliphatic heterocycles. The lowest BCUT2D eigenvalue weighted by atomic mass is 9.95. The summed E-state index contributed by atoms with van der Waals surface area (Å²) in [6.07, 6.45) is 7.09. The lowest BCUT2D eigenvalue weighted by molar-refractivity contribution is -0.126. The number of H-pyrrole nitrogens is 1. The fourth-order valence-corrected chi connectivity index (χ4v) is 6.55. The molecule has 2 saturated heterocycles. The number of carbonyl (C=O) groups excluding carboxylic acids is 1. The Labute approximate surface area is 247 Å². The summed E-state index contributed by atoms with van der Waals surface area (Å²) in [5.74, 6) is 0.668. The molecule has 3 aromatic heterocycles. The standard InChI is InChI=1S/C31H32ClN7O3/c1-4-25(40)38-9-11-39(12-10-38)30-27-24(34-31(35-30)42-17-19-6-5-8-37(19)3)15-21(20-7-13-41-29(20)27)26-22-16-33-36-23(22)14-18(2)28(26)32/h4,7,13-16,19H,1,5-6,8-12,17H2,2-3H3,(H,33,36). The van der Waals surface area contributed by atoms with E-state index in [4.69, 9.17) is 30.7 Å². The highest BCUT2D eigenvalue weighted by Gasteiger charge is 2.28. The number of halogens is 1. The van der Waals surface area contributed by atoms with Gasteiger partial charge in [-0.1, -0.05) is 18.2 Å². The summed E-state index contributed by atoms with van der Waals surface area (Å²) in [7, 11) is 2.12. The summed E-state index contributed by atoms with van der Waals surface area (Å²) in [6, 6.07) is 6.66. The van der Waals surface area contributed by atoms with Crippen LogP contribution in [0.2, 0.25) is 5.02 Å². The third kappa shape index (κ3) is 4.46. The van der Waals surface area contributed by atoms with E-state index in [0.717, 1.165) is 63.6 Å². The van der Waals surface area contributed by atoms with Crippen molar-refractivity contribution in [3.8, 4) is 17.1 Å². The number of nitrogens with zero attached hydrogens (tertiary/aromatic N) is 6. The van der Waals surface area contributed by atoms with Crippen molar-refractivity contribution in [3.63, 3.8) is 0 Å². The smallest absolute Gasteiger partial charge is 0.319 e. The Morgan fingerprint density at radius 1 is 1.21 bits per heavy atom. The summed E-state index contributed by atoms with van der Waals surface area (Å²) in [6.45, 7) is 9.55. The third-order valence-corrected chi connectivity index (χ3v) is 9.12. The van der Waals surface area contributed by atoms with Crippen molar-refractivity contribution in [3.05, 3.63) is 53.9 Å². The molecule has 0 radical (unpaired) electrons. The van der Waals surface area contributed by atoms with Gasteiger partial charge < -0.3 is 23.9 Å². The molecule has 216 valence electrons. The largest absolute Gasteiger partial charge is 0.463 e. The van der Waals surface area contributed by atoms with Crippen LogP contribution in [0.15, 0.2) is 47.7 Å². The molecule has 2 aliphatic rings. The zero-order valence-electron chi connectivity index (χ0n) is 23.7. The summed E-state index contributed by atoms with van der Waals surface area (Å²) < 4.78 is 12.4. The monoisotopic (exact) mass is 585 g/mol. The maximum absolute atomic E-state index is 12.3. The van der Waals surface area contributed by atoms with E-state index >= 15 is 0 Å². The van der Waals surface area contributed by atoms with E-state index in [0.29, 0.717) is 61.0 Å². The van der Waals surface area contributed by atoms with Gasteiger partial charge in [-0.3, -0.25) is 9.89 Å². The highest BCUT2D eigenvalue weighted by Crippen LogP contribution is 2.44. The number of rotatable bonds is 6. The minimum absolute atomic E-state index is 0.0643. The number of amides is 1. The fourth-order valence-electron chi connectivity index (χ4n) is 6.29. The Morgan fingerprint density at radius 3 is 2.81 bits per heavy atom. The number of benzene rings is 2. The Morgan fingerprint density at radius 2 is 2.05 bits per heavy atom. The van der Waals surface area contributed by atoms with E-state index in [-0.39, 0.29) is 5.91 Å². The van der Waals surface area contributed by atoms with E-state index in [1.807, 2.05) is 19.1 Å². The van der Waals surface area contributed by atoms with Crippen LogP contribution in [-0.4, -0.2) is 88.3 Å². The fraction of sp³-hybridized carbons (Fsp3) is 0.355. The van der Waals surface area contributed by atoms with E-state index in [9.17, 15) is 4.79 Å². The lowest BCUT2D eigenvalue weighted by Gasteiger charge is -2.35. The molecule has 11 heteroatoms. The number of anilines is 1. The first kappa shape index (κ1) is 26.7. The summed E-state index contributed by atoms with van der Waals surface area (Å²) in [5.41, 5.74) is 5.01. The molecule has 10 nitrogen and oxygen atoms in total. The normalized spacial score (nSPS) is 18.0. The average Bonchev–Trinajstić information content (AvgIpc) is 3.77. The molecule has 1 unspecified atom stereocenters. The average molecular weight is 586 g/mol. The Bertz CT molecular complexity index is 1840. The summed E-state index contributed by atoms with van der Waals surface area (Å²) >= 11 is 6.97. The van der Waals surface area contributed by atoms with Crippen LogP contribution in [0.5, 0.6) is 6.01 Å². The maximum atomic E-state index is 12.3. The number of nitrogens with one attached hydrogen (secondary N) is 1. The molecule has 5 aromatic rings. The predicted molar refractivity (Wildman–Crippen MR) is 164 cm³/mol. The van der Waals surface area contributed by atoms with Gasteiger partial charge in [0.2, 0.25) is 5.91 Å². The van der Waals surface area contributed by atoms with Gasteiger partial charge in [-0.05, 0) is 68.8 Å². The molecule has 7 rings (SSSR count). The predicted octanol–water partition coefficient (Wildman–Crippen LogP) is 5.19. The summed E-state index contributed by atoms with van der Waals surface area (Å²) in [4.78, 5) is 28.4. The highest BCUT2D eigenvalue weighted by atomic mass is 35.5. The third-order valence-electron chi connectivity index (χ3n) is 8.64. The van der Waals surface area contributed by atoms with Crippen molar-refractivity contribution in [2.24, 2.45) is 0 Å². The van der Waals surface area contributed by atoms with Crippen molar-refractivity contribution in [1.82, 2.24) is 30.0 Å². The number of aromatic nitrogens is 4. The van der Waals surface area contributed by atoms with Crippen LogP contribution in [-0.2, 0) is 4.79 Å². The first-order valence-corrected chi connectivity index (χ1v) is 14.6. The minimum Gasteiger partial charge on any atom is -0.463 e. The zero-order valence-corrected chi connectivity index (χ0v) is 24.4. The molecule has 0 spiro atoms. The molecular weight excluding hydrogens is 554 g/mol. The van der Waals surface area contributed by atoms with Crippen molar-refractivity contribution >= 4 is 56.1 Å². The van der Waals surface area contributed by atoms with Gasteiger partial charge in [-0.15, -0.1) is 0 Å².